The van der Waals surface area contributed by atoms with Crippen LogP contribution in [0.3, 0.4) is 0 Å². The van der Waals surface area contributed by atoms with Crippen LogP contribution in [0.5, 0.6) is 5.75 Å². The molecule has 0 aliphatic carbocycles. The molecule has 0 atom stereocenters. The van der Waals surface area contributed by atoms with Gasteiger partial charge in [0.15, 0.2) is 5.65 Å². The van der Waals surface area contributed by atoms with Gasteiger partial charge in [0.25, 0.3) is 0 Å². The molecule has 3 heterocycles. The number of benzene rings is 2. The van der Waals surface area contributed by atoms with Gasteiger partial charge in [-0.2, -0.15) is 5.10 Å². The van der Waals surface area contributed by atoms with Crippen LogP contribution in [-0.4, -0.2) is 51.7 Å². The molecule has 9 heteroatoms. The molecule has 0 spiro atoms. The fourth-order valence-corrected chi connectivity index (χ4v) is 4.36. The Labute approximate surface area is 191 Å². The number of nitrogens with two attached hydrogens (primary N) is 2. The predicted molar refractivity (Wildman–Crippen MR) is 130 cm³/mol. The van der Waals surface area contributed by atoms with Gasteiger partial charge in [-0.25, -0.2) is 14.6 Å². The summed E-state index contributed by atoms with van der Waals surface area (Å²) >= 11 is 0. The molecule has 0 saturated heterocycles. The first-order valence-electron chi connectivity index (χ1n) is 10.8. The maximum Gasteiger partial charge on any atom is 0.164 e. The number of nitrogen functional groups attached to an aromatic ring is 1. The molecule has 4 aromatic rings. The normalized spacial score (nSPS) is 13.8. The third-order valence-corrected chi connectivity index (χ3v) is 6.01. The summed E-state index contributed by atoms with van der Waals surface area (Å²) in [4.78, 5) is 15.1. The van der Waals surface area contributed by atoms with Gasteiger partial charge in [0.2, 0.25) is 0 Å². The first-order valence-corrected chi connectivity index (χ1v) is 10.8. The smallest absolute Gasteiger partial charge is 0.164 e. The van der Waals surface area contributed by atoms with E-state index in [1.165, 1.54) is 23.0 Å². The average Bonchev–Trinajstić information content (AvgIpc) is 3.19. The lowest BCUT2D eigenvalue weighted by Gasteiger charge is -2.25. The van der Waals surface area contributed by atoms with Crippen LogP contribution in [0, 0.1) is 0 Å². The molecule has 168 valence electrons. The fraction of sp³-hybridized carbons (Fsp3) is 0.250. The second-order valence-corrected chi connectivity index (χ2v) is 8.21. The van der Waals surface area contributed by atoms with Gasteiger partial charge < -0.3 is 15.4 Å². The van der Waals surface area contributed by atoms with Crippen molar-refractivity contribution in [1.29, 1.82) is 0 Å². The number of fused-ring (bicyclic) bond motifs is 2. The standard InChI is InChI=1S/C24H26N8O/c1-27-19-10-17(5-6-20(19)33-13-25)22-21-23(26)28-14-29-24(21)32(30-22)11-15-3-4-18-12-31(2)8-7-16(18)9-15/h3-6,9-10,14H,1,7-8,11-13,25H2,2H3,(H2,26,28,29). The van der Waals surface area contributed by atoms with E-state index in [0.29, 0.717) is 40.5 Å². The lowest BCUT2D eigenvalue weighted by Crippen LogP contribution is -2.26. The number of nitrogens with zero attached hydrogens (tertiary/aromatic N) is 6. The Morgan fingerprint density at radius 1 is 1.15 bits per heavy atom. The molecule has 0 bridgehead atoms. The average molecular weight is 443 g/mol. The second-order valence-electron chi connectivity index (χ2n) is 8.21. The van der Waals surface area contributed by atoms with Gasteiger partial charge in [-0.15, -0.1) is 0 Å². The van der Waals surface area contributed by atoms with Crippen molar-refractivity contribution < 1.29 is 4.74 Å². The number of likely N-dealkylation sites (N-methyl/N-ethyl adjacent to an activating group) is 1. The molecule has 0 amide bonds. The summed E-state index contributed by atoms with van der Waals surface area (Å²) in [6, 6.07) is 12.2. The largest absolute Gasteiger partial charge is 0.476 e. The van der Waals surface area contributed by atoms with Crippen LogP contribution in [0.25, 0.3) is 22.3 Å². The van der Waals surface area contributed by atoms with Crippen molar-refractivity contribution in [3.63, 3.8) is 0 Å². The maximum atomic E-state index is 6.27. The van der Waals surface area contributed by atoms with Crippen molar-refractivity contribution >= 4 is 29.3 Å². The van der Waals surface area contributed by atoms with Crippen LogP contribution in [0.15, 0.2) is 47.7 Å². The van der Waals surface area contributed by atoms with Gasteiger partial charge in [0, 0.05) is 18.7 Å². The highest BCUT2D eigenvalue weighted by atomic mass is 16.5. The molecule has 0 radical (unpaired) electrons. The highest BCUT2D eigenvalue weighted by molar-refractivity contribution is 5.98. The number of rotatable bonds is 6. The van der Waals surface area contributed by atoms with E-state index in [1.54, 1.807) is 6.07 Å². The second kappa shape index (κ2) is 8.61. The van der Waals surface area contributed by atoms with Gasteiger partial charge in [-0.05, 0) is 55.1 Å². The van der Waals surface area contributed by atoms with E-state index in [-0.39, 0.29) is 6.73 Å². The van der Waals surface area contributed by atoms with Crippen LogP contribution in [0.4, 0.5) is 11.5 Å². The molecule has 2 aromatic heterocycles. The van der Waals surface area contributed by atoms with Crippen LogP contribution in [0.2, 0.25) is 0 Å². The van der Waals surface area contributed by atoms with Crippen LogP contribution in [0.1, 0.15) is 16.7 Å². The Bertz CT molecular complexity index is 1350. The van der Waals surface area contributed by atoms with Gasteiger partial charge >= 0.3 is 0 Å². The molecular weight excluding hydrogens is 416 g/mol. The highest BCUT2D eigenvalue weighted by Gasteiger charge is 2.19. The van der Waals surface area contributed by atoms with E-state index < -0.39 is 0 Å². The topological polar surface area (TPSA) is 120 Å². The summed E-state index contributed by atoms with van der Waals surface area (Å²) in [6.07, 6.45) is 2.52. The summed E-state index contributed by atoms with van der Waals surface area (Å²) in [7, 11) is 2.15. The van der Waals surface area contributed by atoms with Crippen LogP contribution in [-0.2, 0) is 19.5 Å². The predicted octanol–water partition coefficient (Wildman–Crippen LogP) is 2.74. The van der Waals surface area contributed by atoms with Crippen molar-refractivity contribution in [2.24, 2.45) is 10.7 Å². The van der Waals surface area contributed by atoms with Gasteiger partial charge in [-0.1, -0.05) is 18.2 Å². The minimum atomic E-state index is 0.0529. The summed E-state index contributed by atoms with van der Waals surface area (Å²) in [5.41, 5.74) is 18.5. The van der Waals surface area contributed by atoms with E-state index in [1.807, 2.05) is 16.8 Å². The summed E-state index contributed by atoms with van der Waals surface area (Å²) in [6.45, 7) is 6.33. The Hall–Kier alpha value is -3.82. The lowest BCUT2D eigenvalue weighted by molar-refractivity contribution is 0.313. The van der Waals surface area contributed by atoms with E-state index in [4.69, 9.17) is 21.3 Å². The molecule has 0 unspecified atom stereocenters. The number of aliphatic imine (C=N–C) groups is 1. The van der Waals surface area contributed by atoms with Crippen LogP contribution >= 0.6 is 0 Å². The number of ether oxygens (including phenoxy) is 1. The summed E-state index contributed by atoms with van der Waals surface area (Å²) in [5, 5.41) is 5.60. The third kappa shape index (κ3) is 3.92. The van der Waals surface area contributed by atoms with Gasteiger partial charge in [0.05, 0.1) is 11.9 Å². The fourth-order valence-electron chi connectivity index (χ4n) is 4.36. The molecule has 2 aromatic carbocycles. The summed E-state index contributed by atoms with van der Waals surface area (Å²) in [5.74, 6) is 0.939. The number of hydrogen-bond acceptors (Lipinski definition) is 8. The van der Waals surface area contributed by atoms with Gasteiger partial charge in [0.1, 0.15) is 36.0 Å². The minimum absolute atomic E-state index is 0.0529. The first-order chi connectivity index (χ1) is 16.1. The van der Waals surface area contributed by atoms with E-state index in [0.717, 1.165) is 25.1 Å². The van der Waals surface area contributed by atoms with Crippen molar-refractivity contribution in [3.8, 4) is 17.0 Å². The number of anilines is 1. The molecular formula is C24H26N8O. The Morgan fingerprint density at radius 3 is 2.85 bits per heavy atom. The van der Waals surface area contributed by atoms with Crippen molar-refractivity contribution in [3.05, 3.63) is 59.4 Å². The Morgan fingerprint density at radius 2 is 2.03 bits per heavy atom. The zero-order valence-corrected chi connectivity index (χ0v) is 18.5. The molecule has 1 aliphatic rings. The first kappa shape index (κ1) is 21.0. The highest BCUT2D eigenvalue weighted by Crippen LogP contribution is 2.36. The molecule has 1 aliphatic heterocycles. The zero-order valence-electron chi connectivity index (χ0n) is 18.5. The Balaban J connectivity index is 1.57. The molecule has 5 rings (SSSR count). The number of aromatic nitrogens is 4. The van der Waals surface area contributed by atoms with E-state index in [2.05, 4.69) is 51.8 Å². The molecule has 9 nitrogen and oxygen atoms in total. The van der Waals surface area contributed by atoms with Crippen LogP contribution < -0.4 is 16.2 Å². The zero-order chi connectivity index (χ0) is 22.9. The van der Waals surface area contributed by atoms with Crippen molar-refractivity contribution in [2.75, 3.05) is 26.1 Å². The van der Waals surface area contributed by atoms with E-state index >= 15 is 0 Å². The Kier molecular flexibility index (Phi) is 5.49. The summed E-state index contributed by atoms with van der Waals surface area (Å²) < 4.78 is 7.31. The molecule has 4 N–H and O–H groups in total. The third-order valence-electron chi connectivity index (χ3n) is 6.01. The maximum absolute atomic E-state index is 6.27. The minimum Gasteiger partial charge on any atom is -0.476 e. The van der Waals surface area contributed by atoms with Crippen molar-refractivity contribution in [2.45, 2.75) is 19.5 Å². The molecule has 33 heavy (non-hydrogen) atoms. The monoisotopic (exact) mass is 442 g/mol. The molecule has 0 saturated carbocycles. The lowest BCUT2D eigenvalue weighted by atomic mass is 9.97. The van der Waals surface area contributed by atoms with E-state index in [9.17, 15) is 0 Å². The molecule has 0 fully saturated rings. The quantitative estimate of drug-likeness (QED) is 0.348. The number of hydrogen-bond donors (Lipinski definition) is 2. The van der Waals surface area contributed by atoms with Crippen molar-refractivity contribution in [1.82, 2.24) is 24.6 Å². The van der Waals surface area contributed by atoms with Gasteiger partial charge in [-0.3, -0.25) is 10.7 Å². The SMILES string of the molecule is C=Nc1cc(-c2nn(Cc3ccc4c(c3)CCN(C)C4)c3ncnc(N)c23)ccc1OCN.